The van der Waals surface area contributed by atoms with Crippen molar-refractivity contribution < 1.29 is 23.1 Å². The van der Waals surface area contributed by atoms with Gasteiger partial charge in [-0.2, -0.15) is 0 Å². The van der Waals surface area contributed by atoms with Crippen LogP contribution in [0.5, 0.6) is 0 Å². The largest absolute Gasteiger partial charge is 0.472 e. The minimum atomic E-state index is -0.604. The minimum Gasteiger partial charge on any atom is -0.472 e. The Labute approximate surface area is 150 Å². The second-order valence-electron chi connectivity index (χ2n) is 6.01. The lowest BCUT2D eigenvalue weighted by molar-refractivity contribution is 0.0474. The van der Waals surface area contributed by atoms with Gasteiger partial charge >= 0.3 is 5.97 Å². The van der Waals surface area contributed by atoms with Crippen molar-refractivity contribution >= 4 is 11.8 Å². The molecule has 0 aliphatic carbocycles. The number of hydrogen-bond donors (Lipinski definition) is 0. The molecule has 5 nitrogen and oxygen atoms in total. The molecule has 6 heteroatoms. The Morgan fingerprint density at radius 2 is 1.88 bits per heavy atom. The van der Waals surface area contributed by atoms with Gasteiger partial charge in [0.25, 0.3) is 0 Å². The molecule has 0 saturated carbocycles. The van der Waals surface area contributed by atoms with Crippen molar-refractivity contribution in [1.29, 1.82) is 0 Å². The number of benzene rings is 1. The van der Waals surface area contributed by atoms with Crippen molar-refractivity contribution in [3.8, 4) is 0 Å². The summed E-state index contributed by atoms with van der Waals surface area (Å²) in [5.74, 6) is -1.17. The summed E-state index contributed by atoms with van der Waals surface area (Å²) < 4.78 is 24.9. The Bertz CT molecular complexity index is 924. The molecule has 0 aliphatic heterocycles. The van der Waals surface area contributed by atoms with Crippen LogP contribution in [0.4, 0.5) is 4.39 Å². The predicted molar refractivity (Wildman–Crippen MR) is 92.7 cm³/mol. The molecule has 26 heavy (non-hydrogen) atoms. The monoisotopic (exact) mass is 355 g/mol. The number of esters is 1. The van der Waals surface area contributed by atoms with Gasteiger partial charge in [0.1, 0.15) is 12.1 Å². The van der Waals surface area contributed by atoms with Crippen LogP contribution in [0.1, 0.15) is 37.7 Å². The second-order valence-corrected chi connectivity index (χ2v) is 6.01. The van der Waals surface area contributed by atoms with Gasteiger partial charge in [0.05, 0.1) is 11.8 Å². The van der Waals surface area contributed by atoms with Gasteiger partial charge < -0.3 is 13.7 Å². The average molecular weight is 355 g/mol. The van der Waals surface area contributed by atoms with E-state index in [1.54, 1.807) is 18.2 Å². The number of rotatable bonds is 6. The highest BCUT2D eigenvalue weighted by Crippen LogP contribution is 2.18. The standard InChI is InChI=1S/C20H18FNO4/c1-13-9-18(19(23)12-26-20(24)16-7-8-25-11-16)14(2)22(13)10-15-3-5-17(21)6-4-15/h3-9,11H,10,12H2,1-2H3. The van der Waals surface area contributed by atoms with E-state index < -0.39 is 5.97 Å². The molecule has 3 rings (SSSR count). The lowest BCUT2D eigenvalue weighted by Gasteiger charge is -2.10. The van der Waals surface area contributed by atoms with Crippen LogP contribution >= 0.6 is 0 Å². The fourth-order valence-corrected chi connectivity index (χ4v) is 2.77. The van der Waals surface area contributed by atoms with Crippen LogP contribution in [0, 0.1) is 19.7 Å². The zero-order valence-electron chi connectivity index (χ0n) is 14.5. The van der Waals surface area contributed by atoms with Gasteiger partial charge in [-0.15, -0.1) is 0 Å². The first-order valence-electron chi connectivity index (χ1n) is 8.09. The van der Waals surface area contributed by atoms with E-state index in [2.05, 4.69) is 0 Å². The SMILES string of the molecule is Cc1cc(C(=O)COC(=O)c2ccoc2)c(C)n1Cc1ccc(F)cc1. The lowest BCUT2D eigenvalue weighted by atomic mass is 10.1. The minimum absolute atomic E-state index is 0.264. The molecule has 0 N–H and O–H groups in total. The molecule has 0 aliphatic rings. The van der Waals surface area contributed by atoms with Gasteiger partial charge in [0, 0.05) is 23.5 Å². The van der Waals surface area contributed by atoms with Gasteiger partial charge in [0.2, 0.25) is 5.78 Å². The molecular formula is C20H18FNO4. The fraction of sp³-hybridized carbons (Fsp3) is 0.200. The van der Waals surface area contributed by atoms with Crippen molar-refractivity contribution in [2.24, 2.45) is 0 Å². The molecule has 0 radical (unpaired) electrons. The lowest BCUT2D eigenvalue weighted by Crippen LogP contribution is -2.15. The van der Waals surface area contributed by atoms with Crippen LogP contribution in [0.15, 0.2) is 53.3 Å². The van der Waals surface area contributed by atoms with Crippen molar-refractivity contribution in [2.75, 3.05) is 6.61 Å². The Hall–Kier alpha value is -3.15. The number of ketones is 1. The number of ether oxygens (including phenoxy) is 1. The van der Waals surface area contributed by atoms with Crippen LogP contribution in [0.3, 0.4) is 0 Å². The number of halogens is 1. The number of Topliss-reactive ketones (excluding diaryl/α,β-unsaturated/α-hetero) is 1. The van der Waals surface area contributed by atoms with E-state index in [1.807, 2.05) is 18.4 Å². The molecule has 0 unspecified atom stereocenters. The van der Waals surface area contributed by atoms with Gasteiger partial charge in [-0.3, -0.25) is 4.79 Å². The van der Waals surface area contributed by atoms with Crippen molar-refractivity contribution in [3.05, 3.63) is 82.8 Å². The molecule has 0 saturated heterocycles. The molecule has 2 heterocycles. The zero-order valence-corrected chi connectivity index (χ0v) is 14.5. The van der Waals surface area contributed by atoms with E-state index in [0.717, 1.165) is 17.0 Å². The average Bonchev–Trinajstić information content (AvgIpc) is 3.25. The molecular weight excluding hydrogens is 337 g/mol. The quantitative estimate of drug-likeness (QED) is 0.497. The highest BCUT2D eigenvalue weighted by molar-refractivity contribution is 6.00. The fourth-order valence-electron chi connectivity index (χ4n) is 2.77. The number of carbonyl (C=O) groups is 2. The predicted octanol–water partition coefficient (Wildman–Crippen LogP) is 3.93. The van der Waals surface area contributed by atoms with Crippen molar-refractivity contribution in [1.82, 2.24) is 4.57 Å². The van der Waals surface area contributed by atoms with Crippen LogP contribution in [-0.4, -0.2) is 22.9 Å². The van der Waals surface area contributed by atoms with Gasteiger partial charge in [-0.1, -0.05) is 12.1 Å². The molecule has 0 amide bonds. The number of furan rings is 1. The van der Waals surface area contributed by atoms with Crippen LogP contribution in [0.25, 0.3) is 0 Å². The Morgan fingerprint density at radius 1 is 1.15 bits per heavy atom. The van der Waals surface area contributed by atoms with E-state index in [0.29, 0.717) is 12.1 Å². The molecule has 0 bridgehead atoms. The summed E-state index contributed by atoms with van der Waals surface area (Å²) in [6.45, 7) is 3.91. The van der Waals surface area contributed by atoms with Gasteiger partial charge in [0.15, 0.2) is 6.61 Å². The van der Waals surface area contributed by atoms with Crippen LogP contribution in [-0.2, 0) is 11.3 Å². The summed E-state index contributed by atoms with van der Waals surface area (Å²) in [4.78, 5) is 24.2. The first-order chi connectivity index (χ1) is 12.5. The molecule has 2 aromatic heterocycles. The van der Waals surface area contributed by atoms with Gasteiger partial charge in [-0.05, 0) is 43.7 Å². The van der Waals surface area contributed by atoms with Crippen LogP contribution < -0.4 is 0 Å². The maximum absolute atomic E-state index is 13.0. The Morgan fingerprint density at radius 3 is 2.54 bits per heavy atom. The number of aryl methyl sites for hydroxylation is 1. The third-order valence-electron chi connectivity index (χ3n) is 4.22. The molecule has 3 aromatic rings. The van der Waals surface area contributed by atoms with Crippen molar-refractivity contribution in [3.63, 3.8) is 0 Å². The highest BCUT2D eigenvalue weighted by Gasteiger charge is 2.18. The van der Waals surface area contributed by atoms with E-state index in [9.17, 15) is 14.0 Å². The Balaban J connectivity index is 1.71. The molecule has 0 spiro atoms. The molecule has 134 valence electrons. The van der Waals surface area contributed by atoms with E-state index in [4.69, 9.17) is 9.15 Å². The number of aromatic nitrogens is 1. The molecule has 0 fully saturated rings. The maximum Gasteiger partial charge on any atom is 0.341 e. The topological polar surface area (TPSA) is 61.4 Å². The summed E-state index contributed by atoms with van der Waals surface area (Å²) in [6.07, 6.45) is 2.63. The molecule has 0 atom stereocenters. The third kappa shape index (κ3) is 3.74. The number of hydrogen-bond acceptors (Lipinski definition) is 4. The summed E-state index contributed by atoms with van der Waals surface area (Å²) in [5, 5.41) is 0. The van der Waals surface area contributed by atoms with E-state index in [1.165, 1.54) is 30.7 Å². The van der Waals surface area contributed by atoms with E-state index >= 15 is 0 Å². The zero-order chi connectivity index (χ0) is 18.7. The number of nitrogens with zero attached hydrogens (tertiary/aromatic N) is 1. The summed E-state index contributed by atoms with van der Waals surface area (Å²) in [7, 11) is 0. The summed E-state index contributed by atoms with van der Waals surface area (Å²) in [5.41, 5.74) is 3.37. The number of carbonyl (C=O) groups excluding carboxylic acids is 2. The first kappa shape index (κ1) is 17.7. The maximum atomic E-state index is 13.0. The normalized spacial score (nSPS) is 10.7. The van der Waals surface area contributed by atoms with Crippen LogP contribution in [0.2, 0.25) is 0 Å². The highest BCUT2D eigenvalue weighted by atomic mass is 19.1. The molecule has 1 aromatic carbocycles. The summed E-state index contributed by atoms with van der Waals surface area (Å²) in [6, 6.07) is 9.48. The first-order valence-corrected chi connectivity index (χ1v) is 8.09. The van der Waals surface area contributed by atoms with E-state index in [-0.39, 0.29) is 23.8 Å². The Kier molecular flexibility index (Phi) is 5.02. The smallest absolute Gasteiger partial charge is 0.341 e. The third-order valence-corrected chi connectivity index (χ3v) is 4.22. The van der Waals surface area contributed by atoms with Gasteiger partial charge in [-0.25, -0.2) is 9.18 Å². The second kappa shape index (κ2) is 7.39. The van der Waals surface area contributed by atoms with Crippen molar-refractivity contribution in [2.45, 2.75) is 20.4 Å². The summed E-state index contributed by atoms with van der Waals surface area (Å²) >= 11 is 0.